The molecule has 1 aromatic rings. The van der Waals surface area contributed by atoms with Crippen LogP contribution in [0.2, 0.25) is 0 Å². The fourth-order valence-electron chi connectivity index (χ4n) is 1.28. The maximum absolute atomic E-state index is 8.55. The third-order valence-corrected chi connectivity index (χ3v) is 2.12. The molecule has 1 heterocycles. The zero-order valence-corrected chi connectivity index (χ0v) is 8.55. The van der Waals surface area contributed by atoms with E-state index in [1.807, 2.05) is 18.2 Å². The minimum absolute atomic E-state index is 0.272. The molecule has 0 aromatic carbocycles. The van der Waals surface area contributed by atoms with Gasteiger partial charge in [0.1, 0.15) is 11.8 Å². The van der Waals surface area contributed by atoms with Gasteiger partial charge < -0.3 is 10.5 Å². The van der Waals surface area contributed by atoms with Crippen LogP contribution in [0.1, 0.15) is 18.5 Å². The molecule has 0 radical (unpaired) electrons. The van der Waals surface area contributed by atoms with E-state index in [1.54, 1.807) is 0 Å². The van der Waals surface area contributed by atoms with Crippen LogP contribution in [0.5, 0.6) is 5.88 Å². The maximum Gasteiger partial charge on any atom is 0.237 e. The van der Waals surface area contributed by atoms with Crippen molar-refractivity contribution in [1.82, 2.24) is 9.97 Å². The molecule has 1 aliphatic carbocycles. The van der Waals surface area contributed by atoms with Crippen LogP contribution in [0.15, 0.2) is 36.0 Å². The third-order valence-electron chi connectivity index (χ3n) is 2.12. The predicted molar refractivity (Wildman–Crippen MR) is 57.0 cm³/mol. The van der Waals surface area contributed by atoms with Crippen LogP contribution in [0, 0.1) is 11.3 Å². The molecule has 2 N–H and O–H groups in total. The lowest BCUT2D eigenvalue weighted by Crippen LogP contribution is -2.06. The van der Waals surface area contributed by atoms with Crippen molar-refractivity contribution in [2.24, 2.45) is 5.73 Å². The molecule has 0 fully saturated rings. The number of nitriles is 1. The number of hydrogen-bond acceptors (Lipinski definition) is 5. The van der Waals surface area contributed by atoms with E-state index in [1.165, 1.54) is 12.4 Å². The molecule has 0 aliphatic heterocycles. The highest BCUT2D eigenvalue weighted by Gasteiger charge is 2.07. The van der Waals surface area contributed by atoms with Gasteiger partial charge in [0.25, 0.3) is 0 Å². The molecule has 2 rings (SSSR count). The van der Waals surface area contributed by atoms with Gasteiger partial charge in [-0.3, -0.25) is 0 Å². The second-order valence-corrected chi connectivity index (χ2v) is 3.33. The van der Waals surface area contributed by atoms with Gasteiger partial charge in [0.05, 0.1) is 12.4 Å². The summed E-state index contributed by atoms with van der Waals surface area (Å²) in [5.74, 6) is 1.19. The van der Waals surface area contributed by atoms with Crippen molar-refractivity contribution in [1.29, 1.82) is 5.26 Å². The SMILES string of the molecule is N#Cc1cnc(OC2=CC=C(N)CC2)cn1. The summed E-state index contributed by atoms with van der Waals surface area (Å²) in [5, 5.41) is 8.55. The van der Waals surface area contributed by atoms with E-state index in [0.29, 0.717) is 5.88 Å². The lowest BCUT2D eigenvalue weighted by atomic mass is 10.1. The highest BCUT2D eigenvalue weighted by molar-refractivity contribution is 5.23. The summed E-state index contributed by atoms with van der Waals surface area (Å²) >= 11 is 0. The zero-order valence-electron chi connectivity index (χ0n) is 8.55. The fourth-order valence-corrected chi connectivity index (χ4v) is 1.28. The molecule has 0 spiro atoms. The Balaban J connectivity index is 2.07. The number of ether oxygens (including phenoxy) is 1. The van der Waals surface area contributed by atoms with Gasteiger partial charge in [-0.1, -0.05) is 0 Å². The molecule has 5 heteroatoms. The van der Waals surface area contributed by atoms with E-state index in [9.17, 15) is 0 Å². The lowest BCUT2D eigenvalue weighted by molar-refractivity contribution is 0.384. The highest BCUT2D eigenvalue weighted by atomic mass is 16.5. The third kappa shape index (κ3) is 2.36. The summed E-state index contributed by atoms with van der Waals surface area (Å²) in [4.78, 5) is 7.82. The Bertz CT molecular complexity index is 482. The Morgan fingerprint density at radius 1 is 1.25 bits per heavy atom. The molecule has 1 aromatic heterocycles. The van der Waals surface area contributed by atoms with Gasteiger partial charge in [0, 0.05) is 12.1 Å². The van der Waals surface area contributed by atoms with Gasteiger partial charge in [-0.2, -0.15) is 5.26 Å². The summed E-state index contributed by atoms with van der Waals surface area (Å²) in [7, 11) is 0. The van der Waals surface area contributed by atoms with Crippen LogP contribution < -0.4 is 10.5 Å². The largest absolute Gasteiger partial charge is 0.442 e. The Morgan fingerprint density at radius 2 is 2.12 bits per heavy atom. The molecular weight excluding hydrogens is 204 g/mol. The van der Waals surface area contributed by atoms with E-state index in [4.69, 9.17) is 15.7 Å². The summed E-state index contributed by atoms with van der Waals surface area (Å²) in [6.07, 6.45) is 7.98. The Kier molecular flexibility index (Phi) is 2.83. The van der Waals surface area contributed by atoms with Gasteiger partial charge in [-0.25, -0.2) is 9.97 Å². The van der Waals surface area contributed by atoms with Crippen LogP contribution in [0.3, 0.4) is 0 Å². The summed E-state index contributed by atoms with van der Waals surface area (Å²) < 4.78 is 5.48. The van der Waals surface area contributed by atoms with Crippen molar-refractivity contribution in [3.63, 3.8) is 0 Å². The van der Waals surface area contributed by atoms with Crippen molar-refractivity contribution in [2.75, 3.05) is 0 Å². The second kappa shape index (κ2) is 4.45. The molecule has 16 heavy (non-hydrogen) atoms. The number of hydrogen-bond donors (Lipinski definition) is 1. The minimum atomic E-state index is 0.272. The van der Waals surface area contributed by atoms with E-state index in [2.05, 4.69) is 9.97 Å². The van der Waals surface area contributed by atoms with Gasteiger partial charge in [-0.15, -0.1) is 0 Å². The standard InChI is InChI=1S/C11H10N4O/c12-5-9-6-15-11(7-14-9)16-10-3-1-8(13)2-4-10/h1,3,6-7H,2,4,13H2. The topological polar surface area (TPSA) is 84.8 Å². The van der Waals surface area contributed by atoms with Crippen LogP contribution in [0.4, 0.5) is 0 Å². The van der Waals surface area contributed by atoms with Crippen LogP contribution >= 0.6 is 0 Å². The van der Waals surface area contributed by atoms with Crippen molar-refractivity contribution >= 4 is 0 Å². The first-order chi connectivity index (χ1) is 7.78. The average Bonchev–Trinajstić information content (AvgIpc) is 2.33. The van der Waals surface area contributed by atoms with E-state index in [-0.39, 0.29) is 5.69 Å². The first kappa shape index (κ1) is 10.2. The molecule has 0 unspecified atom stereocenters. The van der Waals surface area contributed by atoms with Crippen LogP contribution in [-0.2, 0) is 0 Å². The summed E-state index contributed by atoms with van der Waals surface area (Å²) in [6, 6.07) is 1.89. The number of nitrogens with two attached hydrogens (primary N) is 1. The lowest BCUT2D eigenvalue weighted by Gasteiger charge is -2.12. The smallest absolute Gasteiger partial charge is 0.237 e. The Morgan fingerprint density at radius 3 is 2.69 bits per heavy atom. The number of nitrogens with zero attached hydrogens (tertiary/aromatic N) is 3. The first-order valence-corrected chi connectivity index (χ1v) is 4.83. The molecule has 5 nitrogen and oxygen atoms in total. The van der Waals surface area contributed by atoms with Crippen molar-refractivity contribution in [2.45, 2.75) is 12.8 Å². The molecular formula is C11H10N4O. The summed E-state index contributed by atoms with van der Waals surface area (Å²) in [5.41, 5.74) is 6.74. The summed E-state index contributed by atoms with van der Waals surface area (Å²) in [6.45, 7) is 0. The first-order valence-electron chi connectivity index (χ1n) is 4.83. The average molecular weight is 214 g/mol. The predicted octanol–water partition coefficient (Wildman–Crippen LogP) is 1.25. The highest BCUT2D eigenvalue weighted by Crippen LogP contribution is 2.18. The van der Waals surface area contributed by atoms with E-state index < -0.39 is 0 Å². The van der Waals surface area contributed by atoms with Crippen LogP contribution in [-0.4, -0.2) is 9.97 Å². The molecule has 0 saturated carbocycles. The Hall–Kier alpha value is -2.35. The van der Waals surface area contributed by atoms with E-state index in [0.717, 1.165) is 24.3 Å². The van der Waals surface area contributed by atoms with Gasteiger partial charge in [0.15, 0.2) is 5.69 Å². The maximum atomic E-state index is 8.55. The second-order valence-electron chi connectivity index (χ2n) is 3.33. The van der Waals surface area contributed by atoms with Crippen LogP contribution in [0.25, 0.3) is 0 Å². The molecule has 0 saturated heterocycles. The number of rotatable bonds is 2. The molecule has 0 atom stereocenters. The van der Waals surface area contributed by atoms with Gasteiger partial charge in [-0.05, 0) is 18.6 Å². The number of allylic oxidation sites excluding steroid dienone is 4. The quantitative estimate of drug-likeness (QED) is 0.800. The zero-order chi connectivity index (χ0) is 11.4. The number of aromatic nitrogens is 2. The fraction of sp³-hybridized carbons (Fsp3) is 0.182. The van der Waals surface area contributed by atoms with Crippen molar-refractivity contribution < 1.29 is 4.74 Å². The van der Waals surface area contributed by atoms with Gasteiger partial charge >= 0.3 is 0 Å². The van der Waals surface area contributed by atoms with Crippen molar-refractivity contribution in [3.8, 4) is 11.9 Å². The van der Waals surface area contributed by atoms with Crippen molar-refractivity contribution in [3.05, 3.63) is 41.7 Å². The molecule has 1 aliphatic rings. The van der Waals surface area contributed by atoms with E-state index >= 15 is 0 Å². The molecule has 0 bridgehead atoms. The minimum Gasteiger partial charge on any atom is -0.442 e. The normalized spacial score (nSPS) is 14.7. The molecule has 80 valence electrons. The Labute approximate surface area is 92.9 Å². The van der Waals surface area contributed by atoms with Gasteiger partial charge in [0.2, 0.25) is 5.88 Å². The monoisotopic (exact) mass is 214 g/mol. The molecule has 0 amide bonds.